The van der Waals surface area contributed by atoms with Crippen molar-refractivity contribution in [1.82, 2.24) is 10.2 Å². The van der Waals surface area contributed by atoms with Crippen LogP contribution < -0.4 is 20.5 Å². The average Bonchev–Trinajstić information content (AvgIpc) is 3.02. The lowest BCUT2D eigenvalue weighted by molar-refractivity contribution is -0.125. The first-order valence-electron chi connectivity index (χ1n) is 7.56. The van der Waals surface area contributed by atoms with Crippen LogP contribution >= 0.6 is 0 Å². The summed E-state index contributed by atoms with van der Waals surface area (Å²) < 4.78 is 10.7. The van der Waals surface area contributed by atoms with Crippen molar-refractivity contribution < 1.29 is 19.1 Å². The molecule has 1 aliphatic rings. The second kappa shape index (κ2) is 7.32. The standard InChI is InChI=1S/C16H23N3O4/c1-10(15(20)18-16(17)21)19-8-4-5-13(19)12-9-11(22-2)6-7-14(12)23-3/h6-7,9-10,13H,4-5,8H2,1-3H3,(H3,17,18,20,21)/t10-,13+/m0/s1. The van der Waals surface area contributed by atoms with Crippen molar-refractivity contribution in [3.8, 4) is 11.5 Å². The van der Waals surface area contributed by atoms with Gasteiger partial charge in [-0.05, 0) is 44.5 Å². The average molecular weight is 321 g/mol. The number of nitrogens with zero attached hydrogens (tertiary/aromatic N) is 1. The summed E-state index contributed by atoms with van der Waals surface area (Å²) in [5.41, 5.74) is 6.01. The number of carbonyl (C=O) groups excluding carboxylic acids is 2. The molecule has 1 aliphatic heterocycles. The Morgan fingerprint density at radius 3 is 2.70 bits per heavy atom. The molecule has 2 atom stereocenters. The second-order valence-corrected chi connectivity index (χ2v) is 5.53. The predicted molar refractivity (Wildman–Crippen MR) is 85.4 cm³/mol. The molecule has 0 aromatic heterocycles. The second-order valence-electron chi connectivity index (χ2n) is 5.53. The van der Waals surface area contributed by atoms with E-state index in [1.165, 1.54) is 0 Å². The van der Waals surface area contributed by atoms with Crippen molar-refractivity contribution in [1.29, 1.82) is 0 Å². The Bertz CT molecular complexity index is 591. The minimum atomic E-state index is -0.837. The Hall–Kier alpha value is -2.28. The lowest BCUT2D eigenvalue weighted by Crippen LogP contribution is -2.48. The zero-order valence-corrected chi connectivity index (χ0v) is 13.7. The van der Waals surface area contributed by atoms with Gasteiger partial charge in [-0.3, -0.25) is 15.0 Å². The molecule has 2 rings (SSSR count). The minimum absolute atomic E-state index is 0.0219. The summed E-state index contributed by atoms with van der Waals surface area (Å²) in [6.07, 6.45) is 1.86. The summed E-state index contributed by atoms with van der Waals surface area (Å²) in [6.45, 7) is 2.53. The van der Waals surface area contributed by atoms with E-state index in [-0.39, 0.29) is 6.04 Å². The lowest BCUT2D eigenvalue weighted by Gasteiger charge is -2.30. The summed E-state index contributed by atoms with van der Waals surface area (Å²) in [6, 6.07) is 4.35. The number of nitrogens with two attached hydrogens (primary N) is 1. The third kappa shape index (κ3) is 3.73. The maximum atomic E-state index is 12.1. The van der Waals surface area contributed by atoms with E-state index in [9.17, 15) is 9.59 Å². The quantitative estimate of drug-likeness (QED) is 0.855. The molecule has 23 heavy (non-hydrogen) atoms. The number of benzene rings is 1. The maximum absolute atomic E-state index is 12.1. The number of imide groups is 1. The summed E-state index contributed by atoms with van der Waals surface area (Å²) in [5, 5.41) is 2.14. The Morgan fingerprint density at radius 1 is 1.35 bits per heavy atom. The molecule has 7 nitrogen and oxygen atoms in total. The molecule has 0 spiro atoms. The van der Waals surface area contributed by atoms with Crippen LogP contribution in [0.1, 0.15) is 31.4 Å². The van der Waals surface area contributed by atoms with Crippen LogP contribution in [0.25, 0.3) is 0 Å². The number of carbonyl (C=O) groups is 2. The van der Waals surface area contributed by atoms with Gasteiger partial charge in [0.2, 0.25) is 5.91 Å². The van der Waals surface area contributed by atoms with E-state index in [4.69, 9.17) is 15.2 Å². The first-order valence-corrected chi connectivity index (χ1v) is 7.56. The van der Waals surface area contributed by atoms with Crippen LogP contribution in [-0.2, 0) is 4.79 Å². The molecule has 0 bridgehead atoms. The zero-order chi connectivity index (χ0) is 17.0. The van der Waals surface area contributed by atoms with E-state index >= 15 is 0 Å². The smallest absolute Gasteiger partial charge is 0.318 e. The lowest BCUT2D eigenvalue weighted by atomic mass is 10.0. The van der Waals surface area contributed by atoms with Crippen molar-refractivity contribution in [3.05, 3.63) is 23.8 Å². The Balaban J connectivity index is 2.27. The van der Waals surface area contributed by atoms with Crippen molar-refractivity contribution in [3.63, 3.8) is 0 Å². The van der Waals surface area contributed by atoms with Gasteiger partial charge in [-0.2, -0.15) is 0 Å². The van der Waals surface area contributed by atoms with Gasteiger partial charge in [0.05, 0.1) is 20.3 Å². The molecule has 3 amide bonds. The zero-order valence-electron chi connectivity index (χ0n) is 13.7. The number of hydrogen-bond acceptors (Lipinski definition) is 5. The molecular weight excluding hydrogens is 298 g/mol. The van der Waals surface area contributed by atoms with E-state index in [1.807, 2.05) is 18.2 Å². The molecular formula is C16H23N3O4. The van der Waals surface area contributed by atoms with Crippen LogP contribution in [0.15, 0.2) is 18.2 Å². The summed E-state index contributed by atoms with van der Waals surface area (Å²) >= 11 is 0. The maximum Gasteiger partial charge on any atom is 0.318 e. The van der Waals surface area contributed by atoms with Gasteiger partial charge >= 0.3 is 6.03 Å². The molecule has 1 heterocycles. The highest BCUT2D eigenvalue weighted by atomic mass is 16.5. The van der Waals surface area contributed by atoms with Gasteiger partial charge in [-0.15, -0.1) is 0 Å². The number of amides is 3. The number of nitrogens with one attached hydrogen (secondary N) is 1. The van der Waals surface area contributed by atoms with Crippen LogP contribution in [-0.4, -0.2) is 43.6 Å². The van der Waals surface area contributed by atoms with E-state index in [1.54, 1.807) is 21.1 Å². The van der Waals surface area contributed by atoms with Crippen molar-refractivity contribution in [2.45, 2.75) is 31.8 Å². The Morgan fingerprint density at radius 2 is 2.09 bits per heavy atom. The predicted octanol–water partition coefficient (Wildman–Crippen LogP) is 1.42. The van der Waals surface area contributed by atoms with Crippen molar-refractivity contribution in [2.75, 3.05) is 20.8 Å². The molecule has 1 saturated heterocycles. The topological polar surface area (TPSA) is 93.9 Å². The van der Waals surface area contributed by atoms with E-state index in [0.717, 1.165) is 36.4 Å². The van der Waals surface area contributed by atoms with Gasteiger partial charge in [-0.1, -0.05) is 0 Å². The van der Waals surface area contributed by atoms with Gasteiger partial charge in [0, 0.05) is 11.6 Å². The number of likely N-dealkylation sites (tertiary alicyclic amines) is 1. The number of ether oxygens (including phenoxy) is 2. The number of hydrogen-bond donors (Lipinski definition) is 2. The third-order valence-corrected chi connectivity index (χ3v) is 4.21. The fourth-order valence-corrected chi connectivity index (χ4v) is 3.06. The van der Waals surface area contributed by atoms with Crippen LogP contribution in [0.5, 0.6) is 11.5 Å². The molecule has 0 radical (unpaired) electrons. The van der Waals surface area contributed by atoms with Crippen molar-refractivity contribution >= 4 is 11.9 Å². The molecule has 0 aliphatic carbocycles. The van der Waals surface area contributed by atoms with Crippen LogP contribution in [0.3, 0.4) is 0 Å². The van der Waals surface area contributed by atoms with Crippen LogP contribution in [0, 0.1) is 0 Å². The van der Waals surface area contributed by atoms with Crippen LogP contribution in [0.4, 0.5) is 4.79 Å². The van der Waals surface area contributed by atoms with Gasteiger partial charge in [0.15, 0.2) is 0 Å². The van der Waals surface area contributed by atoms with Gasteiger partial charge in [-0.25, -0.2) is 4.79 Å². The summed E-state index contributed by atoms with van der Waals surface area (Å²) in [4.78, 5) is 25.0. The van der Waals surface area contributed by atoms with E-state index < -0.39 is 18.0 Å². The molecule has 3 N–H and O–H groups in total. The first kappa shape index (κ1) is 17.1. The number of primary amides is 1. The molecule has 7 heteroatoms. The molecule has 1 aromatic carbocycles. The molecule has 1 aromatic rings. The number of methoxy groups -OCH3 is 2. The molecule has 1 fully saturated rings. The molecule has 0 saturated carbocycles. The SMILES string of the molecule is COc1ccc(OC)c([C@H]2CCCN2[C@@H](C)C(=O)NC(N)=O)c1. The fourth-order valence-electron chi connectivity index (χ4n) is 3.06. The highest BCUT2D eigenvalue weighted by Gasteiger charge is 2.35. The van der Waals surface area contributed by atoms with Gasteiger partial charge in [0.25, 0.3) is 0 Å². The first-order chi connectivity index (χ1) is 11.0. The highest BCUT2D eigenvalue weighted by Crippen LogP contribution is 2.39. The Kier molecular flexibility index (Phi) is 5.44. The van der Waals surface area contributed by atoms with E-state index in [2.05, 4.69) is 10.2 Å². The van der Waals surface area contributed by atoms with Gasteiger partial charge < -0.3 is 15.2 Å². The van der Waals surface area contributed by atoms with Crippen molar-refractivity contribution in [2.24, 2.45) is 5.73 Å². The molecule has 126 valence electrons. The third-order valence-electron chi connectivity index (χ3n) is 4.21. The fraction of sp³-hybridized carbons (Fsp3) is 0.500. The van der Waals surface area contributed by atoms with Gasteiger partial charge in [0.1, 0.15) is 11.5 Å². The minimum Gasteiger partial charge on any atom is -0.497 e. The molecule has 0 unspecified atom stereocenters. The monoisotopic (exact) mass is 321 g/mol. The van der Waals surface area contributed by atoms with Crippen LogP contribution in [0.2, 0.25) is 0 Å². The number of urea groups is 1. The number of rotatable bonds is 5. The highest BCUT2D eigenvalue weighted by molar-refractivity contribution is 5.96. The summed E-state index contributed by atoms with van der Waals surface area (Å²) in [5.74, 6) is 1.10. The van der Waals surface area contributed by atoms with E-state index in [0.29, 0.717) is 0 Å². The Labute approximate surface area is 135 Å². The normalized spacial score (nSPS) is 19.2. The summed E-state index contributed by atoms with van der Waals surface area (Å²) in [7, 11) is 3.23. The largest absolute Gasteiger partial charge is 0.497 e.